The first-order valence-corrected chi connectivity index (χ1v) is 8.48. The van der Waals surface area contributed by atoms with Crippen molar-refractivity contribution in [3.05, 3.63) is 59.7 Å². The quantitative estimate of drug-likeness (QED) is 0.911. The summed E-state index contributed by atoms with van der Waals surface area (Å²) in [6.45, 7) is 6.77. The minimum absolute atomic E-state index is 0.0593. The van der Waals surface area contributed by atoms with Gasteiger partial charge in [-0.2, -0.15) is 0 Å². The highest BCUT2D eigenvalue weighted by atomic mass is 16.2. The number of benzene rings is 2. The maximum absolute atomic E-state index is 12.8. The van der Waals surface area contributed by atoms with Crippen LogP contribution in [-0.4, -0.2) is 36.0 Å². The lowest BCUT2D eigenvalue weighted by Gasteiger charge is -2.39. The summed E-state index contributed by atoms with van der Waals surface area (Å²) < 4.78 is 0. The number of aryl methyl sites for hydroxylation is 2. The zero-order chi connectivity index (χ0) is 18.0. The zero-order valence-electron chi connectivity index (χ0n) is 14.8. The van der Waals surface area contributed by atoms with Gasteiger partial charge in [-0.1, -0.05) is 29.8 Å². The lowest BCUT2D eigenvalue weighted by Crippen LogP contribution is -2.58. The van der Waals surface area contributed by atoms with E-state index in [1.807, 2.05) is 62.4 Å². The first-order chi connectivity index (χ1) is 12.0. The Morgan fingerprint density at radius 3 is 2.44 bits per heavy atom. The number of hydrogen-bond donors (Lipinski definition) is 1. The molecule has 0 aliphatic carbocycles. The van der Waals surface area contributed by atoms with Crippen LogP contribution in [0, 0.1) is 13.8 Å². The van der Waals surface area contributed by atoms with Gasteiger partial charge in [-0.3, -0.25) is 4.79 Å². The van der Waals surface area contributed by atoms with Gasteiger partial charge in [-0.25, -0.2) is 4.79 Å². The van der Waals surface area contributed by atoms with E-state index in [4.69, 9.17) is 0 Å². The summed E-state index contributed by atoms with van der Waals surface area (Å²) in [4.78, 5) is 28.7. The molecule has 2 aromatic carbocycles. The minimum atomic E-state index is -0.500. The molecule has 0 spiro atoms. The van der Waals surface area contributed by atoms with Crippen molar-refractivity contribution in [3.63, 3.8) is 0 Å². The van der Waals surface area contributed by atoms with Gasteiger partial charge in [-0.15, -0.1) is 0 Å². The number of carbonyl (C=O) groups excluding carboxylic acids is 2. The van der Waals surface area contributed by atoms with Crippen molar-refractivity contribution in [1.82, 2.24) is 4.90 Å². The van der Waals surface area contributed by atoms with E-state index < -0.39 is 6.04 Å². The summed E-state index contributed by atoms with van der Waals surface area (Å²) >= 11 is 0. The Kier molecular flexibility index (Phi) is 4.74. The Morgan fingerprint density at radius 1 is 1.04 bits per heavy atom. The number of anilines is 2. The molecule has 2 aromatic rings. The van der Waals surface area contributed by atoms with Gasteiger partial charge < -0.3 is 15.1 Å². The lowest BCUT2D eigenvalue weighted by atomic mass is 10.1. The van der Waals surface area contributed by atoms with Crippen LogP contribution in [0.4, 0.5) is 16.2 Å². The number of urea groups is 1. The molecule has 5 nitrogen and oxygen atoms in total. The minimum Gasteiger partial charge on any atom is -0.311 e. The number of amides is 3. The monoisotopic (exact) mass is 337 g/mol. The number of hydrogen-bond acceptors (Lipinski definition) is 2. The maximum Gasteiger partial charge on any atom is 0.322 e. The Morgan fingerprint density at radius 2 is 1.76 bits per heavy atom. The molecule has 3 rings (SSSR count). The van der Waals surface area contributed by atoms with Crippen molar-refractivity contribution in [2.45, 2.75) is 26.8 Å². The van der Waals surface area contributed by atoms with Crippen LogP contribution < -0.4 is 10.2 Å². The third-order valence-corrected chi connectivity index (χ3v) is 4.53. The number of carbonyl (C=O) groups is 2. The predicted molar refractivity (Wildman–Crippen MR) is 99.9 cm³/mol. The molecule has 0 saturated carbocycles. The van der Waals surface area contributed by atoms with Crippen molar-refractivity contribution < 1.29 is 9.59 Å². The Bertz CT molecular complexity index is 786. The van der Waals surface area contributed by atoms with Crippen LogP contribution in [-0.2, 0) is 4.79 Å². The fourth-order valence-electron chi connectivity index (χ4n) is 3.03. The molecule has 0 aromatic heterocycles. The molecule has 1 fully saturated rings. The molecule has 0 unspecified atom stereocenters. The summed E-state index contributed by atoms with van der Waals surface area (Å²) in [5.41, 5.74) is 3.86. The smallest absolute Gasteiger partial charge is 0.311 e. The Labute approximate surface area is 148 Å². The summed E-state index contributed by atoms with van der Waals surface area (Å²) in [5, 5.41) is 2.87. The molecule has 1 aliphatic heterocycles. The second-order valence-corrected chi connectivity index (χ2v) is 6.49. The average molecular weight is 337 g/mol. The Hall–Kier alpha value is -2.82. The van der Waals surface area contributed by atoms with Gasteiger partial charge in [-0.05, 0) is 50.6 Å². The van der Waals surface area contributed by atoms with Crippen LogP contribution in [0.3, 0.4) is 0 Å². The van der Waals surface area contributed by atoms with E-state index in [0.717, 1.165) is 22.5 Å². The molecule has 3 amide bonds. The van der Waals surface area contributed by atoms with Crippen molar-refractivity contribution in [2.75, 3.05) is 23.3 Å². The molecule has 1 atom stereocenters. The highest BCUT2D eigenvalue weighted by Gasteiger charge is 2.35. The molecule has 1 saturated heterocycles. The molecule has 0 radical (unpaired) electrons. The average Bonchev–Trinajstić information content (AvgIpc) is 2.59. The van der Waals surface area contributed by atoms with Crippen molar-refractivity contribution >= 4 is 23.3 Å². The fraction of sp³-hybridized carbons (Fsp3) is 0.300. The largest absolute Gasteiger partial charge is 0.322 e. The van der Waals surface area contributed by atoms with E-state index in [1.54, 1.807) is 16.7 Å². The van der Waals surface area contributed by atoms with Crippen LogP contribution in [0.15, 0.2) is 48.5 Å². The lowest BCUT2D eigenvalue weighted by molar-refractivity contribution is -0.123. The van der Waals surface area contributed by atoms with Crippen molar-refractivity contribution in [3.8, 4) is 0 Å². The van der Waals surface area contributed by atoms with Crippen LogP contribution in [0.2, 0.25) is 0 Å². The standard InChI is InChI=1S/C20H23N3O2/c1-14-7-9-17(10-8-14)21-20(25)22-11-12-23(19(24)16(22)3)18-6-4-5-15(2)13-18/h4-10,13,16H,11-12H2,1-3H3,(H,21,25)/t16-/m0/s1. The van der Waals surface area contributed by atoms with Crippen LogP contribution >= 0.6 is 0 Å². The van der Waals surface area contributed by atoms with E-state index >= 15 is 0 Å². The number of nitrogens with one attached hydrogen (secondary N) is 1. The van der Waals surface area contributed by atoms with Crippen LogP contribution in [0.25, 0.3) is 0 Å². The van der Waals surface area contributed by atoms with Gasteiger partial charge in [0.1, 0.15) is 6.04 Å². The molecule has 1 aliphatic rings. The first kappa shape index (κ1) is 17.0. The van der Waals surface area contributed by atoms with E-state index in [1.165, 1.54) is 0 Å². The fourth-order valence-corrected chi connectivity index (χ4v) is 3.03. The second kappa shape index (κ2) is 6.97. The molecular formula is C20H23N3O2. The third kappa shape index (κ3) is 3.65. The number of rotatable bonds is 2. The summed E-state index contributed by atoms with van der Waals surface area (Å²) in [6.07, 6.45) is 0. The second-order valence-electron chi connectivity index (χ2n) is 6.49. The van der Waals surface area contributed by atoms with Gasteiger partial charge in [0.2, 0.25) is 5.91 Å². The molecule has 5 heteroatoms. The van der Waals surface area contributed by atoms with Crippen LogP contribution in [0.5, 0.6) is 0 Å². The first-order valence-electron chi connectivity index (χ1n) is 8.48. The van der Waals surface area contributed by atoms with Gasteiger partial charge in [0.15, 0.2) is 0 Å². The van der Waals surface area contributed by atoms with Crippen molar-refractivity contribution in [1.29, 1.82) is 0 Å². The number of piperazine rings is 1. The highest BCUT2D eigenvalue weighted by Crippen LogP contribution is 2.22. The molecular weight excluding hydrogens is 314 g/mol. The molecule has 1 heterocycles. The van der Waals surface area contributed by atoms with Gasteiger partial charge in [0.25, 0.3) is 0 Å². The topological polar surface area (TPSA) is 52.7 Å². The predicted octanol–water partition coefficient (Wildman–Crippen LogP) is 3.57. The van der Waals surface area contributed by atoms with E-state index in [0.29, 0.717) is 13.1 Å². The molecule has 0 bridgehead atoms. The normalized spacial score (nSPS) is 17.6. The Balaban J connectivity index is 1.70. The van der Waals surface area contributed by atoms with Crippen LogP contribution in [0.1, 0.15) is 18.1 Å². The molecule has 130 valence electrons. The van der Waals surface area contributed by atoms with Gasteiger partial charge in [0.05, 0.1) is 0 Å². The van der Waals surface area contributed by atoms with Crippen molar-refractivity contribution in [2.24, 2.45) is 0 Å². The summed E-state index contributed by atoms with van der Waals surface area (Å²) in [5.74, 6) is -0.0593. The van der Waals surface area contributed by atoms with Gasteiger partial charge >= 0.3 is 6.03 Å². The van der Waals surface area contributed by atoms with Gasteiger partial charge in [0, 0.05) is 24.5 Å². The van der Waals surface area contributed by atoms with E-state index in [9.17, 15) is 9.59 Å². The summed E-state index contributed by atoms with van der Waals surface area (Å²) in [7, 11) is 0. The highest BCUT2D eigenvalue weighted by molar-refractivity contribution is 6.01. The van der Waals surface area contributed by atoms with E-state index in [2.05, 4.69) is 5.32 Å². The number of nitrogens with zero attached hydrogens (tertiary/aromatic N) is 2. The molecule has 25 heavy (non-hydrogen) atoms. The summed E-state index contributed by atoms with van der Waals surface area (Å²) in [6, 6.07) is 14.7. The zero-order valence-corrected chi connectivity index (χ0v) is 14.8. The SMILES string of the molecule is Cc1ccc(NC(=O)N2CCN(c3cccc(C)c3)C(=O)[C@@H]2C)cc1. The van der Waals surface area contributed by atoms with E-state index in [-0.39, 0.29) is 11.9 Å². The maximum atomic E-state index is 12.8. The third-order valence-electron chi connectivity index (χ3n) is 4.53. The molecule has 1 N–H and O–H groups in total.